The molecule has 1 aliphatic heterocycles. The second-order valence-corrected chi connectivity index (χ2v) is 6.87. The molecule has 3 rings (SSSR count). The van der Waals surface area contributed by atoms with Gasteiger partial charge in [0.25, 0.3) is 5.91 Å². The third-order valence-electron chi connectivity index (χ3n) is 5.18. The van der Waals surface area contributed by atoms with Crippen LogP contribution in [-0.2, 0) is 6.54 Å². The molecule has 1 atom stereocenters. The quantitative estimate of drug-likeness (QED) is 0.792. The standard InChI is InChI=1S/C18H28N6O/c1-5-23(6-2)11-14-9-19-17-16(10-20-24(17)12-14)18(25)22(4)15-7-8-21(3)13-15/h9-10,12,15H,5-8,11,13H2,1-4H3/t15-/m1/s1. The molecular formula is C18H28N6O. The van der Waals surface area contributed by atoms with Crippen molar-refractivity contribution in [1.29, 1.82) is 0 Å². The lowest BCUT2D eigenvalue weighted by molar-refractivity contribution is 0.0739. The van der Waals surface area contributed by atoms with Crippen LogP contribution in [0.5, 0.6) is 0 Å². The summed E-state index contributed by atoms with van der Waals surface area (Å²) < 4.78 is 1.72. The van der Waals surface area contributed by atoms with Gasteiger partial charge in [0.05, 0.1) is 6.20 Å². The molecule has 1 saturated heterocycles. The van der Waals surface area contributed by atoms with Crippen LogP contribution in [0.1, 0.15) is 36.2 Å². The molecule has 0 saturated carbocycles. The van der Waals surface area contributed by atoms with Crippen molar-refractivity contribution in [3.63, 3.8) is 0 Å². The van der Waals surface area contributed by atoms with E-state index in [2.05, 4.69) is 40.8 Å². The summed E-state index contributed by atoms with van der Waals surface area (Å²) >= 11 is 0. The molecule has 2 aromatic heterocycles. The molecule has 0 aliphatic carbocycles. The smallest absolute Gasteiger partial charge is 0.259 e. The fourth-order valence-electron chi connectivity index (χ4n) is 3.44. The number of hydrogen-bond acceptors (Lipinski definition) is 5. The average Bonchev–Trinajstić information content (AvgIpc) is 3.24. The van der Waals surface area contributed by atoms with Crippen LogP contribution in [0.4, 0.5) is 0 Å². The number of hydrogen-bond donors (Lipinski definition) is 0. The monoisotopic (exact) mass is 344 g/mol. The molecule has 0 aromatic carbocycles. The lowest BCUT2D eigenvalue weighted by Gasteiger charge is -2.23. The van der Waals surface area contributed by atoms with Crippen LogP contribution in [0.15, 0.2) is 18.6 Å². The lowest BCUT2D eigenvalue weighted by atomic mass is 10.2. The molecule has 1 aliphatic rings. The number of carbonyl (C=O) groups is 1. The maximum Gasteiger partial charge on any atom is 0.259 e. The van der Waals surface area contributed by atoms with E-state index in [-0.39, 0.29) is 11.9 Å². The summed E-state index contributed by atoms with van der Waals surface area (Å²) in [6, 6.07) is 0.259. The maximum absolute atomic E-state index is 12.9. The molecule has 7 heteroatoms. The first-order chi connectivity index (χ1) is 12.0. The highest BCUT2D eigenvalue weighted by molar-refractivity contribution is 5.99. The molecule has 1 amide bonds. The zero-order chi connectivity index (χ0) is 18.0. The largest absolute Gasteiger partial charge is 0.337 e. The van der Waals surface area contributed by atoms with Crippen molar-refractivity contribution in [1.82, 2.24) is 29.3 Å². The highest BCUT2D eigenvalue weighted by atomic mass is 16.2. The highest BCUT2D eigenvalue weighted by Crippen LogP contribution is 2.18. The van der Waals surface area contributed by atoms with Gasteiger partial charge in [-0.1, -0.05) is 13.8 Å². The number of fused-ring (bicyclic) bond motifs is 1. The van der Waals surface area contributed by atoms with Crippen molar-refractivity contribution in [2.45, 2.75) is 32.9 Å². The van der Waals surface area contributed by atoms with Crippen LogP contribution in [0.2, 0.25) is 0 Å². The molecule has 0 N–H and O–H groups in total. The van der Waals surface area contributed by atoms with Crippen molar-refractivity contribution < 1.29 is 4.79 Å². The van der Waals surface area contributed by atoms with Gasteiger partial charge in [0.15, 0.2) is 5.65 Å². The third kappa shape index (κ3) is 3.67. The Morgan fingerprint density at radius 2 is 2.08 bits per heavy atom. The fourth-order valence-corrected chi connectivity index (χ4v) is 3.44. The van der Waals surface area contributed by atoms with Crippen molar-refractivity contribution in [3.8, 4) is 0 Å². The van der Waals surface area contributed by atoms with E-state index < -0.39 is 0 Å². The second-order valence-electron chi connectivity index (χ2n) is 6.87. The number of carbonyl (C=O) groups excluding carboxylic acids is 1. The van der Waals surface area contributed by atoms with Gasteiger partial charge in [0.2, 0.25) is 0 Å². The zero-order valence-electron chi connectivity index (χ0n) is 15.6. The topological polar surface area (TPSA) is 57.0 Å². The number of rotatable bonds is 6. The van der Waals surface area contributed by atoms with Crippen LogP contribution in [0.25, 0.3) is 5.65 Å². The lowest BCUT2D eigenvalue weighted by Crippen LogP contribution is -2.38. The van der Waals surface area contributed by atoms with Crippen LogP contribution in [-0.4, -0.2) is 81.5 Å². The summed E-state index contributed by atoms with van der Waals surface area (Å²) in [4.78, 5) is 23.8. The number of aromatic nitrogens is 3. The van der Waals surface area contributed by atoms with Gasteiger partial charge < -0.3 is 9.80 Å². The van der Waals surface area contributed by atoms with Crippen LogP contribution >= 0.6 is 0 Å². The molecule has 2 aromatic rings. The Morgan fingerprint density at radius 3 is 2.72 bits per heavy atom. The molecule has 0 spiro atoms. The fraction of sp³-hybridized carbons (Fsp3) is 0.611. The summed E-state index contributed by atoms with van der Waals surface area (Å²) in [5.41, 5.74) is 2.31. The minimum atomic E-state index is -0.000655. The predicted octanol–water partition coefficient (Wildman–Crippen LogP) is 1.35. The molecule has 25 heavy (non-hydrogen) atoms. The van der Waals surface area contributed by atoms with Crippen LogP contribution in [0, 0.1) is 0 Å². The van der Waals surface area contributed by atoms with E-state index >= 15 is 0 Å². The number of likely N-dealkylation sites (tertiary alicyclic amines) is 1. The van der Waals surface area contributed by atoms with Gasteiger partial charge in [-0.15, -0.1) is 0 Å². The van der Waals surface area contributed by atoms with Crippen molar-refractivity contribution in [3.05, 3.63) is 29.7 Å². The molecule has 136 valence electrons. The van der Waals surface area contributed by atoms with Crippen molar-refractivity contribution in [2.75, 3.05) is 40.3 Å². The SMILES string of the molecule is CCN(CC)Cc1cnc2c(C(=O)N(C)[C@@H]3CCN(C)C3)cnn2c1. The second kappa shape index (κ2) is 7.49. The number of amides is 1. The van der Waals surface area contributed by atoms with Gasteiger partial charge in [-0.2, -0.15) is 5.10 Å². The summed E-state index contributed by atoms with van der Waals surface area (Å²) in [5, 5.41) is 4.36. The minimum Gasteiger partial charge on any atom is -0.337 e. The average molecular weight is 344 g/mol. The van der Waals surface area contributed by atoms with E-state index in [4.69, 9.17) is 0 Å². The van der Waals surface area contributed by atoms with E-state index in [0.717, 1.165) is 44.7 Å². The minimum absolute atomic E-state index is 0.000655. The highest BCUT2D eigenvalue weighted by Gasteiger charge is 2.28. The van der Waals surface area contributed by atoms with Gasteiger partial charge in [-0.3, -0.25) is 9.69 Å². The molecule has 3 heterocycles. The Kier molecular flexibility index (Phi) is 5.34. The Bertz CT molecular complexity index is 738. The van der Waals surface area contributed by atoms with Gasteiger partial charge in [0, 0.05) is 44.1 Å². The molecule has 1 fully saturated rings. The van der Waals surface area contributed by atoms with E-state index in [0.29, 0.717) is 11.2 Å². The van der Waals surface area contributed by atoms with Crippen molar-refractivity contribution in [2.24, 2.45) is 0 Å². The summed E-state index contributed by atoms with van der Waals surface area (Å²) in [5.74, 6) is -0.000655. The van der Waals surface area contributed by atoms with E-state index in [1.54, 1.807) is 10.7 Å². The normalized spacial score (nSPS) is 18.4. The zero-order valence-corrected chi connectivity index (χ0v) is 15.6. The molecule has 0 unspecified atom stereocenters. The van der Waals surface area contributed by atoms with Gasteiger partial charge in [-0.25, -0.2) is 9.50 Å². The maximum atomic E-state index is 12.9. The first-order valence-corrected chi connectivity index (χ1v) is 9.03. The van der Waals surface area contributed by atoms with Crippen molar-refractivity contribution >= 4 is 11.6 Å². The van der Waals surface area contributed by atoms with Gasteiger partial charge in [-0.05, 0) is 33.1 Å². The van der Waals surface area contributed by atoms with E-state index in [9.17, 15) is 4.79 Å². The Hall–Kier alpha value is -1.99. The molecular weight excluding hydrogens is 316 g/mol. The van der Waals surface area contributed by atoms with Crippen LogP contribution < -0.4 is 0 Å². The predicted molar refractivity (Wildman–Crippen MR) is 97.6 cm³/mol. The van der Waals surface area contributed by atoms with Crippen LogP contribution in [0.3, 0.4) is 0 Å². The number of nitrogens with zero attached hydrogens (tertiary/aromatic N) is 6. The third-order valence-corrected chi connectivity index (χ3v) is 5.18. The Morgan fingerprint density at radius 1 is 1.32 bits per heavy atom. The summed E-state index contributed by atoms with van der Waals surface area (Å²) in [6.07, 6.45) is 6.48. The van der Waals surface area contributed by atoms with Gasteiger partial charge >= 0.3 is 0 Å². The first kappa shape index (κ1) is 17.8. The molecule has 0 radical (unpaired) electrons. The Balaban J connectivity index is 1.79. The molecule has 7 nitrogen and oxygen atoms in total. The molecule has 0 bridgehead atoms. The van der Waals surface area contributed by atoms with E-state index in [1.165, 1.54) is 0 Å². The number of likely N-dealkylation sites (N-methyl/N-ethyl adjacent to an activating group) is 2. The Labute approximate surface area is 149 Å². The first-order valence-electron chi connectivity index (χ1n) is 9.03. The van der Waals surface area contributed by atoms with Gasteiger partial charge in [0.1, 0.15) is 5.56 Å². The summed E-state index contributed by atoms with van der Waals surface area (Å²) in [7, 11) is 3.97. The summed E-state index contributed by atoms with van der Waals surface area (Å²) in [6.45, 7) is 9.09. The van der Waals surface area contributed by atoms with E-state index in [1.807, 2.05) is 24.3 Å².